The Balaban J connectivity index is 2.03. The van der Waals surface area contributed by atoms with Gasteiger partial charge in [0.2, 0.25) is 0 Å². The van der Waals surface area contributed by atoms with Gasteiger partial charge in [-0.1, -0.05) is 6.92 Å². The smallest absolute Gasteiger partial charge is 0.107 e. The first-order valence-electron chi connectivity index (χ1n) is 5.84. The van der Waals surface area contributed by atoms with Crippen LogP contribution in [-0.4, -0.2) is 21.3 Å². The summed E-state index contributed by atoms with van der Waals surface area (Å²) in [6.07, 6.45) is 0. The lowest BCUT2D eigenvalue weighted by atomic mass is 10.4. The van der Waals surface area contributed by atoms with Gasteiger partial charge in [0.25, 0.3) is 0 Å². The first kappa shape index (κ1) is 12.3. The van der Waals surface area contributed by atoms with E-state index in [4.69, 9.17) is 0 Å². The molecule has 0 aliphatic carbocycles. The topological polar surface area (TPSA) is 42.7 Å². The molecule has 0 aliphatic rings. The second kappa shape index (κ2) is 5.42. The third-order valence-corrected chi connectivity index (χ3v) is 3.44. The highest BCUT2D eigenvalue weighted by Crippen LogP contribution is 2.12. The molecule has 4 nitrogen and oxygen atoms in total. The molecule has 0 fully saturated rings. The van der Waals surface area contributed by atoms with Crippen molar-refractivity contribution in [2.75, 3.05) is 6.54 Å². The molecule has 2 rings (SSSR count). The minimum absolute atomic E-state index is 0.766. The maximum atomic E-state index is 4.59. The van der Waals surface area contributed by atoms with Crippen molar-refractivity contribution >= 4 is 11.3 Å². The molecule has 92 valence electrons. The fourth-order valence-corrected chi connectivity index (χ4v) is 2.48. The predicted molar refractivity (Wildman–Crippen MR) is 70.3 cm³/mol. The van der Waals surface area contributed by atoms with Crippen molar-refractivity contribution in [2.45, 2.75) is 33.9 Å². The number of thiazole rings is 1. The molecule has 0 saturated carbocycles. The molecule has 5 heteroatoms. The highest BCUT2D eigenvalue weighted by atomic mass is 32.1. The molecule has 2 aromatic heterocycles. The fourth-order valence-electron chi connectivity index (χ4n) is 1.72. The summed E-state index contributed by atoms with van der Waals surface area (Å²) in [5, 5.41) is 11.0. The Bertz CT molecular complexity index is 486. The third-order valence-electron chi connectivity index (χ3n) is 2.54. The Morgan fingerprint density at radius 2 is 2.24 bits per heavy atom. The van der Waals surface area contributed by atoms with Gasteiger partial charge in [-0.3, -0.25) is 4.68 Å². The van der Waals surface area contributed by atoms with Crippen molar-refractivity contribution in [3.8, 4) is 0 Å². The summed E-state index contributed by atoms with van der Waals surface area (Å²) in [6.45, 7) is 8.80. The Morgan fingerprint density at radius 1 is 1.41 bits per heavy atom. The molecule has 17 heavy (non-hydrogen) atoms. The second-order valence-corrected chi connectivity index (χ2v) is 5.04. The third kappa shape index (κ3) is 3.14. The van der Waals surface area contributed by atoms with E-state index in [1.54, 1.807) is 11.3 Å². The van der Waals surface area contributed by atoms with Gasteiger partial charge in [0.05, 0.1) is 17.9 Å². The molecule has 0 aliphatic heterocycles. The van der Waals surface area contributed by atoms with Gasteiger partial charge in [-0.05, 0) is 26.5 Å². The Kier molecular flexibility index (Phi) is 3.91. The molecule has 0 atom stereocenters. The van der Waals surface area contributed by atoms with Gasteiger partial charge in [0, 0.05) is 17.6 Å². The summed E-state index contributed by atoms with van der Waals surface area (Å²) >= 11 is 1.71. The average Bonchev–Trinajstić information content (AvgIpc) is 2.84. The van der Waals surface area contributed by atoms with E-state index in [9.17, 15) is 0 Å². The SMILES string of the molecule is CCNCc1nc(Cn2nc(C)cc2C)cs1. The first-order valence-corrected chi connectivity index (χ1v) is 6.72. The second-order valence-electron chi connectivity index (χ2n) is 4.10. The van der Waals surface area contributed by atoms with Crippen LogP contribution in [0.25, 0.3) is 0 Å². The highest BCUT2D eigenvalue weighted by molar-refractivity contribution is 7.09. The zero-order valence-electron chi connectivity index (χ0n) is 10.5. The van der Waals surface area contributed by atoms with Crippen LogP contribution >= 0.6 is 11.3 Å². The molecule has 0 aromatic carbocycles. The van der Waals surface area contributed by atoms with Crippen molar-refractivity contribution in [3.63, 3.8) is 0 Å². The first-order chi connectivity index (χ1) is 8.19. The fraction of sp³-hybridized carbons (Fsp3) is 0.500. The highest BCUT2D eigenvalue weighted by Gasteiger charge is 2.05. The van der Waals surface area contributed by atoms with Gasteiger partial charge < -0.3 is 5.32 Å². The standard InChI is InChI=1S/C12H18N4S/c1-4-13-6-12-14-11(8-17-12)7-16-10(3)5-9(2)15-16/h5,8,13H,4,6-7H2,1-3H3. The molecule has 0 unspecified atom stereocenters. The van der Waals surface area contributed by atoms with E-state index in [-0.39, 0.29) is 0 Å². The molecule has 0 saturated heterocycles. The van der Waals surface area contributed by atoms with Gasteiger partial charge >= 0.3 is 0 Å². The molecule has 0 radical (unpaired) electrons. The summed E-state index contributed by atoms with van der Waals surface area (Å²) in [7, 11) is 0. The number of aryl methyl sites for hydroxylation is 2. The van der Waals surface area contributed by atoms with Gasteiger partial charge in [-0.2, -0.15) is 5.10 Å². The van der Waals surface area contributed by atoms with Gasteiger partial charge in [-0.15, -0.1) is 11.3 Å². The Labute approximate surface area is 106 Å². The predicted octanol–water partition coefficient (Wildman–Crippen LogP) is 2.11. The summed E-state index contributed by atoms with van der Waals surface area (Å²) in [5.41, 5.74) is 3.34. The lowest BCUT2D eigenvalue weighted by molar-refractivity contribution is 0.644. The van der Waals surface area contributed by atoms with Crippen LogP contribution in [0, 0.1) is 13.8 Å². The van der Waals surface area contributed by atoms with Crippen molar-refractivity contribution < 1.29 is 0 Å². The van der Waals surface area contributed by atoms with Crippen molar-refractivity contribution in [3.05, 3.63) is 33.5 Å². The van der Waals surface area contributed by atoms with Gasteiger partial charge in [0.15, 0.2) is 0 Å². The number of hydrogen-bond donors (Lipinski definition) is 1. The van der Waals surface area contributed by atoms with E-state index in [1.807, 2.05) is 11.6 Å². The van der Waals surface area contributed by atoms with E-state index in [1.165, 1.54) is 5.69 Å². The minimum atomic E-state index is 0.766. The van der Waals surface area contributed by atoms with E-state index in [0.717, 1.165) is 36.0 Å². The minimum Gasteiger partial charge on any atom is -0.311 e. The van der Waals surface area contributed by atoms with E-state index in [2.05, 4.69) is 40.7 Å². The van der Waals surface area contributed by atoms with E-state index < -0.39 is 0 Å². The monoisotopic (exact) mass is 250 g/mol. The van der Waals surface area contributed by atoms with Crippen LogP contribution in [0.4, 0.5) is 0 Å². The summed E-state index contributed by atoms with van der Waals surface area (Å²) < 4.78 is 2.00. The van der Waals surface area contributed by atoms with Crippen LogP contribution in [-0.2, 0) is 13.1 Å². The molecule has 2 aromatic rings. The number of nitrogens with zero attached hydrogens (tertiary/aromatic N) is 3. The molecule has 0 bridgehead atoms. The zero-order chi connectivity index (χ0) is 12.3. The van der Waals surface area contributed by atoms with Crippen LogP contribution in [0.1, 0.15) is 29.0 Å². The Hall–Kier alpha value is -1.20. The molecule has 1 N–H and O–H groups in total. The molecule has 0 amide bonds. The quantitative estimate of drug-likeness (QED) is 0.884. The molecular weight excluding hydrogens is 232 g/mol. The number of hydrogen-bond acceptors (Lipinski definition) is 4. The average molecular weight is 250 g/mol. The molecule has 0 spiro atoms. The van der Waals surface area contributed by atoms with Crippen LogP contribution < -0.4 is 5.32 Å². The lowest BCUT2D eigenvalue weighted by Gasteiger charge is -2.01. The molecule has 2 heterocycles. The number of nitrogens with one attached hydrogen (secondary N) is 1. The van der Waals surface area contributed by atoms with Gasteiger partial charge in [-0.25, -0.2) is 4.98 Å². The largest absolute Gasteiger partial charge is 0.311 e. The summed E-state index contributed by atoms with van der Waals surface area (Å²) in [4.78, 5) is 4.59. The van der Waals surface area contributed by atoms with Crippen LogP contribution in [0.3, 0.4) is 0 Å². The van der Waals surface area contributed by atoms with Gasteiger partial charge in [0.1, 0.15) is 5.01 Å². The van der Waals surface area contributed by atoms with Crippen LogP contribution in [0.2, 0.25) is 0 Å². The van der Waals surface area contributed by atoms with Crippen LogP contribution in [0.15, 0.2) is 11.4 Å². The molecular formula is C12H18N4S. The summed E-state index contributed by atoms with van der Waals surface area (Å²) in [5.74, 6) is 0. The van der Waals surface area contributed by atoms with Crippen molar-refractivity contribution in [2.24, 2.45) is 0 Å². The Morgan fingerprint density at radius 3 is 2.88 bits per heavy atom. The zero-order valence-corrected chi connectivity index (χ0v) is 11.3. The van der Waals surface area contributed by atoms with Crippen molar-refractivity contribution in [1.82, 2.24) is 20.1 Å². The van der Waals surface area contributed by atoms with Crippen molar-refractivity contribution in [1.29, 1.82) is 0 Å². The van der Waals surface area contributed by atoms with Crippen LogP contribution in [0.5, 0.6) is 0 Å². The normalized spacial score (nSPS) is 11.0. The van der Waals surface area contributed by atoms with E-state index >= 15 is 0 Å². The maximum absolute atomic E-state index is 4.59. The number of aromatic nitrogens is 3. The summed E-state index contributed by atoms with van der Waals surface area (Å²) in [6, 6.07) is 2.09. The number of rotatable bonds is 5. The lowest BCUT2D eigenvalue weighted by Crippen LogP contribution is -2.11. The maximum Gasteiger partial charge on any atom is 0.107 e. The van der Waals surface area contributed by atoms with E-state index in [0.29, 0.717) is 0 Å².